The minimum Gasteiger partial charge on any atom is -0.265 e. The highest BCUT2D eigenvalue weighted by Gasteiger charge is 2.15. The molecule has 0 aliphatic heterocycles. The molecular formula is C11H10N6O2S. The molecule has 9 heteroatoms. The minimum atomic E-state index is -0.888. The maximum absolute atomic E-state index is 11.3. The van der Waals surface area contributed by atoms with Gasteiger partial charge in [-0.1, -0.05) is 0 Å². The van der Waals surface area contributed by atoms with Gasteiger partial charge in [-0.15, -0.1) is 5.10 Å². The molecular weight excluding hydrogens is 280 g/mol. The summed E-state index contributed by atoms with van der Waals surface area (Å²) in [6, 6.07) is 2.06. The van der Waals surface area contributed by atoms with E-state index >= 15 is 0 Å². The van der Waals surface area contributed by atoms with Crippen molar-refractivity contribution in [2.45, 2.75) is 24.0 Å². The van der Waals surface area contributed by atoms with Gasteiger partial charge in [-0.25, -0.2) is 0 Å². The van der Waals surface area contributed by atoms with E-state index in [4.69, 9.17) is 0 Å². The Bertz CT molecular complexity index is 832. The van der Waals surface area contributed by atoms with Crippen LogP contribution in [0.4, 0.5) is 0 Å². The molecule has 2 heterocycles. The number of hydrogen-bond donors (Lipinski definition) is 1. The summed E-state index contributed by atoms with van der Waals surface area (Å²) in [7, 11) is 1.54. The summed E-state index contributed by atoms with van der Waals surface area (Å²) in [6.45, 7) is 3.53. The third kappa shape index (κ3) is 2.46. The van der Waals surface area contributed by atoms with Crippen molar-refractivity contribution in [1.82, 2.24) is 25.0 Å². The normalized spacial score (nSPS) is 10.3. The molecule has 0 aliphatic carbocycles. The van der Waals surface area contributed by atoms with Gasteiger partial charge in [0.15, 0.2) is 5.16 Å². The second-order valence-electron chi connectivity index (χ2n) is 4.00. The summed E-state index contributed by atoms with van der Waals surface area (Å²) < 4.78 is 1.30. The zero-order chi connectivity index (χ0) is 14.9. The number of aromatic nitrogens is 5. The van der Waals surface area contributed by atoms with Gasteiger partial charge in [0.1, 0.15) is 11.1 Å². The summed E-state index contributed by atoms with van der Waals surface area (Å²) in [5.74, 6) is 0. The van der Waals surface area contributed by atoms with E-state index in [1.54, 1.807) is 13.8 Å². The summed E-state index contributed by atoms with van der Waals surface area (Å²) >= 11 is 0.997. The fourth-order valence-electron chi connectivity index (χ4n) is 1.43. The van der Waals surface area contributed by atoms with Crippen LogP contribution in [-0.2, 0) is 7.05 Å². The third-order valence-corrected chi connectivity index (χ3v) is 3.70. The fraction of sp³-hybridized carbons (Fsp3) is 0.273. The topological polar surface area (TPSA) is 117 Å². The van der Waals surface area contributed by atoms with Crippen LogP contribution in [-0.4, -0.2) is 25.0 Å². The third-order valence-electron chi connectivity index (χ3n) is 2.67. The van der Waals surface area contributed by atoms with Gasteiger partial charge in [-0.2, -0.15) is 15.3 Å². The summed E-state index contributed by atoms with van der Waals surface area (Å²) in [6.07, 6.45) is 0. The Kier molecular flexibility index (Phi) is 3.67. The van der Waals surface area contributed by atoms with E-state index in [2.05, 4.69) is 26.3 Å². The number of nitriles is 1. The zero-order valence-corrected chi connectivity index (χ0v) is 11.8. The number of rotatable bonds is 2. The first-order valence-corrected chi connectivity index (χ1v) is 6.35. The first kappa shape index (κ1) is 14.0. The average Bonchev–Trinajstić information content (AvgIpc) is 2.40. The van der Waals surface area contributed by atoms with E-state index in [-0.39, 0.29) is 5.16 Å². The lowest BCUT2D eigenvalue weighted by Gasteiger charge is -2.08. The molecule has 20 heavy (non-hydrogen) atoms. The first-order chi connectivity index (χ1) is 9.43. The second-order valence-corrected chi connectivity index (χ2v) is 4.96. The number of hydrogen-bond acceptors (Lipinski definition) is 7. The van der Waals surface area contributed by atoms with Gasteiger partial charge in [-0.05, 0) is 31.2 Å². The number of nitrogens with one attached hydrogen (secondary N) is 1. The highest BCUT2D eigenvalue weighted by atomic mass is 32.2. The van der Waals surface area contributed by atoms with Gasteiger partial charge in [0.2, 0.25) is 0 Å². The average molecular weight is 290 g/mol. The Labute approximate surface area is 117 Å². The highest BCUT2D eigenvalue weighted by Crippen LogP contribution is 2.27. The van der Waals surface area contributed by atoms with Crippen LogP contribution in [0.3, 0.4) is 0 Å². The minimum absolute atomic E-state index is 0.226. The van der Waals surface area contributed by atoms with Crippen LogP contribution in [0.5, 0.6) is 0 Å². The van der Waals surface area contributed by atoms with Crippen molar-refractivity contribution < 1.29 is 0 Å². The summed E-state index contributed by atoms with van der Waals surface area (Å²) in [5, 5.41) is 20.0. The van der Waals surface area contributed by atoms with E-state index < -0.39 is 11.1 Å². The predicted octanol–water partition coefficient (Wildman–Crippen LogP) is -0.102. The molecule has 0 amide bonds. The maximum atomic E-state index is 11.3. The SMILES string of the molecule is Cc1nnc(Sc2nc(=O)c(=O)[nH]n2C)c(C#N)c1C. The standard InChI is InChI=1S/C11H10N6O2S/c1-5-6(2)14-15-10(7(5)4-12)20-11-13-8(18)9(19)16-17(11)3/h1-3H3,(H,16,19). The van der Waals surface area contributed by atoms with Crippen LogP contribution < -0.4 is 11.1 Å². The second kappa shape index (κ2) is 5.26. The van der Waals surface area contributed by atoms with Crippen LogP contribution in [0.2, 0.25) is 0 Å². The van der Waals surface area contributed by atoms with Crippen molar-refractivity contribution in [3.63, 3.8) is 0 Å². The number of H-pyrrole nitrogens is 1. The molecule has 0 radical (unpaired) electrons. The van der Waals surface area contributed by atoms with Crippen LogP contribution >= 0.6 is 11.8 Å². The van der Waals surface area contributed by atoms with E-state index in [1.165, 1.54) is 11.7 Å². The highest BCUT2D eigenvalue weighted by molar-refractivity contribution is 7.99. The fourth-order valence-corrected chi connectivity index (χ4v) is 2.29. The lowest BCUT2D eigenvalue weighted by Crippen LogP contribution is -2.33. The lowest BCUT2D eigenvalue weighted by molar-refractivity contribution is 0.595. The molecule has 8 nitrogen and oxygen atoms in total. The monoisotopic (exact) mass is 290 g/mol. The Morgan fingerprint density at radius 2 is 2.00 bits per heavy atom. The van der Waals surface area contributed by atoms with Gasteiger partial charge in [0.25, 0.3) is 0 Å². The molecule has 2 aromatic heterocycles. The molecule has 0 fully saturated rings. The Morgan fingerprint density at radius 1 is 1.30 bits per heavy atom. The Hall–Kier alpha value is -2.47. The van der Waals surface area contributed by atoms with Crippen LogP contribution in [0.25, 0.3) is 0 Å². The Balaban J connectivity index is 2.54. The lowest BCUT2D eigenvalue weighted by atomic mass is 10.1. The smallest absolute Gasteiger partial charge is 0.265 e. The molecule has 1 N–H and O–H groups in total. The van der Waals surface area contributed by atoms with Gasteiger partial charge in [0, 0.05) is 7.05 Å². The molecule has 2 rings (SSSR count). The maximum Gasteiger partial charge on any atom is 0.339 e. The van der Waals surface area contributed by atoms with Crippen molar-refractivity contribution in [3.8, 4) is 6.07 Å². The van der Waals surface area contributed by atoms with Gasteiger partial charge in [0.05, 0.1) is 11.3 Å². The molecule has 0 aromatic carbocycles. The quantitative estimate of drug-likeness (QED) is 0.767. The van der Waals surface area contributed by atoms with Gasteiger partial charge in [-0.3, -0.25) is 19.4 Å². The molecule has 0 aliphatic rings. The van der Waals surface area contributed by atoms with Crippen LogP contribution in [0.15, 0.2) is 19.8 Å². The molecule has 0 saturated carbocycles. The largest absolute Gasteiger partial charge is 0.339 e. The molecule has 0 spiro atoms. The van der Waals surface area contributed by atoms with E-state index in [1.807, 2.05) is 0 Å². The molecule has 0 bridgehead atoms. The van der Waals surface area contributed by atoms with Gasteiger partial charge < -0.3 is 0 Å². The summed E-state index contributed by atoms with van der Waals surface area (Å²) in [4.78, 5) is 26.0. The first-order valence-electron chi connectivity index (χ1n) is 5.53. The van der Waals surface area contributed by atoms with Crippen molar-refractivity contribution in [2.24, 2.45) is 7.05 Å². The molecule has 2 aromatic rings. The zero-order valence-electron chi connectivity index (χ0n) is 11.0. The number of aryl methyl sites for hydroxylation is 2. The van der Waals surface area contributed by atoms with Crippen molar-refractivity contribution in [2.75, 3.05) is 0 Å². The predicted molar refractivity (Wildman–Crippen MR) is 70.4 cm³/mol. The number of nitrogens with zero attached hydrogens (tertiary/aromatic N) is 5. The van der Waals surface area contributed by atoms with Gasteiger partial charge >= 0.3 is 11.1 Å². The number of aromatic amines is 1. The van der Waals surface area contributed by atoms with E-state index in [9.17, 15) is 14.9 Å². The molecule has 102 valence electrons. The van der Waals surface area contributed by atoms with Crippen molar-refractivity contribution >= 4 is 11.8 Å². The van der Waals surface area contributed by atoms with Crippen LogP contribution in [0, 0.1) is 25.2 Å². The van der Waals surface area contributed by atoms with E-state index in [0.29, 0.717) is 16.3 Å². The van der Waals surface area contributed by atoms with Crippen LogP contribution in [0.1, 0.15) is 16.8 Å². The summed E-state index contributed by atoms with van der Waals surface area (Å²) in [5.41, 5.74) is 0.0704. The van der Waals surface area contributed by atoms with Crippen molar-refractivity contribution in [3.05, 3.63) is 37.5 Å². The Morgan fingerprint density at radius 3 is 2.65 bits per heavy atom. The molecule has 0 unspecified atom stereocenters. The molecule has 0 atom stereocenters. The van der Waals surface area contributed by atoms with E-state index in [0.717, 1.165) is 17.3 Å². The molecule has 0 saturated heterocycles. The van der Waals surface area contributed by atoms with Crippen molar-refractivity contribution in [1.29, 1.82) is 5.26 Å².